The molecule has 0 atom stereocenters. The van der Waals surface area contributed by atoms with Crippen molar-refractivity contribution in [2.24, 2.45) is 0 Å². The Morgan fingerprint density at radius 1 is 1.33 bits per heavy atom. The number of aliphatic hydroxyl groups is 1. The van der Waals surface area contributed by atoms with Crippen LogP contribution in [0, 0.1) is 6.92 Å². The lowest BCUT2D eigenvalue weighted by Crippen LogP contribution is -2.31. The standard InChI is InChI=1S/C12H20N2O3S/c1-10-4-5-11(9-15)8-12(10)18(16,17)13-6-7-14(2)3/h4-5,8,13,15H,6-7,9H2,1-3H3. The van der Waals surface area contributed by atoms with E-state index in [1.807, 2.05) is 19.0 Å². The maximum atomic E-state index is 12.1. The van der Waals surface area contributed by atoms with Gasteiger partial charge in [-0.3, -0.25) is 0 Å². The van der Waals surface area contributed by atoms with E-state index in [2.05, 4.69) is 4.72 Å². The Kier molecular flexibility index (Phi) is 5.28. The molecule has 102 valence electrons. The predicted molar refractivity (Wildman–Crippen MR) is 70.8 cm³/mol. The molecule has 0 spiro atoms. The van der Waals surface area contributed by atoms with Crippen LogP contribution in [0.1, 0.15) is 11.1 Å². The summed E-state index contributed by atoms with van der Waals surface area (Å²) in [6.45, 7) is 2.57. The van der Waals surface area contributed by atoms with Crippen molar-refractivity contribution in [1.29, 1.82) is 0 Å². The summed E-state index contributed by atoms with van der Waals surface area (Å²) >= 11 is 0. The second-order valence-corrected chi connectivity index (χ2v) is 6.19. The van der Waals surface area contributed by atoms with Crippen molar-refractivity contribution >= 4 is 10.0 Å². The van der Waals surface area contributed by atoms with Crippen molar-refractivity contribution in [3.05, 3.63) is 29.3 Å². The van der Waals surface area contributed by atoms with Crippen LogP contribution < -0.4 is 4.72 Å². The molecule has 0 radical (unpaired) electrons. The Balaban J connectivity index is 2.90. The van der Waals surface area contributed by atoms with Gasteiger partial charge in [0.25, 0.3) is 0 Å². The summed E-state index contributed by atoms with van der Waals surface area (Å²) < 4.78 is 26.7. The molecule has 6 heteroatoms. The molecule has 0 unspecified atom stereocenters. The van der Waals surface area contributed by atoms with Crippen LogP contribution >= 0.6 is 0 Å². The van der Waals surface area contributed by atoms with Gasteiger partial charge >= 0.3 is 0 Å². The van der Waals surface area contributed by atoms with Crippen LogP contribution in [0.5, 0.6) is 0 Å². The van der Waals surface area contributed by atoms with Gasteiger partial charge in [0.15, 0.2) is 0 Å². The number of hydrogen-bond acceptors (Lipinski definition) is 4. The van der Waals surface area contributed by atoms with E-state index in [-0.39, 0.29) is 11.5 Å². The summed E-state index contributed by atoms with van der Waals surface area (Å²) in [4.78, 5) is 2.13. The van der Waals surface area contributed by atoms with Crippen LogP contribution in [0.3, 0.4) is 0 Å². The fourth-order valence-electron chi connectivity index (χ4n) is 1.51. The van der Waals surface area contributed by atoms with E-state index in [9.17, 15) is 8.42 Å². The molecule has 1 aromatic rings. The van der Waals surface area contributed by atoms with E-state index >= 15 is 0 Å². The van der Waals surface area contributed by atoms with E-state index in [1.165, 1.54) is 6.07 Å². The zero-order valence-corrected chi connectivity index (χ0v) is 11.8. The lowest BCUT2D eigenvalue weighted by Gasteiger charge is -2.13. The Morgan fingerprint density at radius 3 is 2.56 bits per heavy atom. The molecule has 1 aromatic carbocycles. The molecule has 1 rings (SSSR count). The van der Waals surface area contributed by atoms with Crippen molar-refractivity contribution in [1.82, 2.24) is 9.62 Å². The first-order valence-electron chi connectivity index (χ1n) is 5.71. The van der Waals surface area contributed by atoms with Gasteiger partial charge in [0.1, 0.15) is 0 Å². The second kappa shape index (κ2) is 6.29. The number of nitrogens with zero attached hydrogens (tertiary/aromatic N) is 1. The van der Waals surface area contributed by atoms with Gasteiger partial charge in [0.2, 0.25) is 10.0 Å². The molecule has 0 heterocycles. The highest BCUT2D eigenvalue weighted by Crippen LogP contribution is 2.16. The Morgan fingerprint density at radius 2 is 2.00 bits per heavy atom. The van der Waals surface area contributed by atoms with Crippen molar-refractivity contribution in [3.63, 3.8) is 0 Å². The number of nitrogens with one attached hydrogen (secondary N) is 1. The van der Waals surface area contributed by atoms with E-state index in [4.69, 9.17) is 5.11 Å². The summed E-state index contributed by atoms with van der Waals surface area (Å²) in [5.74, 6) is 0. The van der Waals surface area contributed by atoms with Gasteiger partial charge in [-0.15, -0.1) is 0 Å². The molecule has 5 nitrogen and oxygen atoms in total. The highest BCUT2D eigenvalue weighted by atomic mass is 32.2. The third-order valence-electron chi connectivity index (χ3n) is 2.58. The van der Waals surface area contributed by atoms with Crippen LogP contribution in [0.25, 0.3) is 0 Å². The van der Waals surface area contributed by atoms with Crippen LogP contribution in [0.2, 0.25) is 0 Å². The Hall–Kier alpha value is -0.950. The monoisotopic (exact) mass is 272 g/mol. The highest BCUT2D eigenvalue weighted by molar-refractivity contribution is 7.89. The number of benzene rings is 1. The van der Waals surface area contributed by atoms with E-state index in [0.29, 0.717) is 24.2 Å². The number of likely N-dealkylation sites (N-methyl/N-ethyl adjacent to an activating group) is 1. The molecule has 2 N–H and O–H groups in total. The SMILES string of the molecule is Cc1ccc(CO)cc1S(=O)(=O)NCCN(C)C. The largest absolute Gasteiger partial charge is 0.392 e. The molecular formula is C12H20N2O3S. The minimum atomic E-state index is -3.51. The van der Waals surface area contributed by atoms with Gasteiger partial charge in [-0.25, -0.2) is 13.1 Å². The first kappa shape index (κ1) is 15.1. The lowest BCUT2D eigenvalue weighted by molar-refractivity contribution is 0.281. The van der Waals surface area contributed by atoms with Gasteiger partial charge in [-0.2, -0.15) is 0 Å². The van der Waals surface area contributed by atoms with Crippen LogP contribution in [0.15, 0.2) is 23.1 Å². The normalized spacial score (nSPS) is 12.1. The second-order valence-electron chi connectivity index (χ2n) is 4.46. The smallest absolute Gasteiger partial charge is 0.240 e. The number of aliphatic hydroxyl groups excluding tert-OH is 1. The number of hydrogen-bond donors (Lipinski definition) is 2. The average Bonchev–Trinajstić information content (AvgIpc) is 2.28. The highest BCUT2D eigenvalue weighted by Gasteiger charge is 2.16. The van der Waals surface area contributed by atoms with E-state index in [0.717, 1.165) is 0 Å². The summed E-state index contributed by atoms with van der Waals surface area (Å²) in [6, 6.07) is 4.92. The van der Waals surface area contributed by atoms with Crippen LogP contribution in [-0.4, -0.2) is 45.6 Å². The molecule has 0 aliphatic heterocycles. The molecular weight excluding hydrogens is 252 g/mol. The number of aryl methyl sites for hydroxylation is 1. The van der Waals surface area contributed by atoms with Gasteiger partial charge in [0, 0.05) is 13.1 Å². The molecule has 0 aliphatic rings. The molecule has 18 heavy (non-hydrogen) atoms. The number of rotatable bonds is 6. The minimum Gasteiger partial charge on any atom is -0.392 e. The Bertz CT molecular complexity index is 498. The van der Waals surface area contributed by atoms with Gasteiger partial charge in [-0.05, 0) is 38.2 Å². The molecule has 0 bridgehead atoms. The van der Waals surface area contributed by atoms with E-state index in [1.54, 1.807) is 19.1 Å². The third kappa shape index (κ3) is 4.06. The lowest BCUT2D eigenvalue weighted by atomic mass is 10.2. The van der Waals surface area contributed by atoms with Crippen LogP contribution in [-0.2, 0) is 16.6 Å². The maximum absolute atomic E-state index is 12.1. The Labute approximate surface area is 108 Å². The minimum absolute atomic E-state index is 0.166. The predicted octanol–water partition coefficient (Wildman–Crippen LogP) is 0.327. The fourth-order valence-corrected chi connectivity index (χ4v) is 2.83. The fraction of sp³-hybridized carbons (Fsp3) is 0.500. The third-order valence-corrected chi connectivity index (χ3v) is 4.18. The summed E-state index contributed by atoms with van der Waals surface area (Å²) in [5, 5.41) is 9.05. The molecule has 0 saturated heterocycles. The van der Waals surface area contributed by atoms with Crippen molar-refractivity contribution in [2.45, 2.75) is 18.4 Å². The van der Waals surface area contributed by atoms with Crippen molar-refractivity contribution in [2.75, 3.05) is 27.2 Å². The van der Waals surface area contributed by atoms with Gasteiger partial charge in [-0.1, -0.05) is 12.1 Å². The molecule has 0 aliphatic carbocycles. The first-order valence-corrected chi connectivity index (χ1v) is 7.20. The van der Waals surface area contributed by atoms with E-state index < -0.39 is 10.0 Å². The summed E-state index contributed by atoms with van der Waals surface area (Å²) in [7, 11) is 0.255. The van der Waals surface area contributed by atoms with Gasteiger partial charge in [0.05, 0.1) is 11.5 Å². The van der Waals surface area contributed by atoms with Crippen molar-refractivity contribution < 1.29 is 13.5 Å². The number of sulfonamides is 1. The molecule has 0 saturated carbocycles. The maximum Gasteiger partial charge on any atom is 0.240 e. The molecule has 0 aromatic heterocycles. The quantitative estimate of drug-likeness (QED) is 0.783. The first-order chi connectivity index (χ1) is 8.36. The topological polar surface area (TPSA) is 69.6 Å². The van der Waals surface area contributed by atoms with Crippen molar-refractivity contribution in [3.8, 4) is 0 Å². The van der Waals surface area contributed by atoms with Crippen LogP contribution in [0.4, 0.5) is 0 Å². The summed E-state index contributed by atoms with van der Waals surface area (Å²) in [5.41, 5.74) is 1.26. The molecule has 0 amide bonds. The zero-order chi connectivity index (χ0) is 13.8. The average molecular weight is 272 g/mol. The zero-order valence-electron chi connectivity index (χ0n) is 11.0. The summed E-state index contributed by atoms with van der Waals surface area (Å²) in [6.07, 6.45) is 0. The van der Waals surface area contributed by atoms with Gasteiger partial charge < -0.3 is 10.0 Å². The molecule has 0 fully saturated rings.